The summed E-state index contributed by atoms with van der Waals surface area (Å²) in [7, 11) is 1.92. The fourth-order valence-corrected chi connectivity index (χ4v) is 4.20. The van der Waals surface area contributed by atoms with Crippen molar-refractivity contribution in [3.63, 3.8) is 0 Å². The molecule has 1 aromatic heterocycles. The molecular weight excluding hydrogens is 244 g/mol. The van der Waals surface area contributed by atoms with Gasteiger partial charge in [-0.25, -0.2) is 0 Å². The summed E-state index contributed by atoms with van der Waals surface area (Å²) in [5.74, 6) is 0.197. The van der Waals surface area contributed by atoms with E-state index in [4.69, 9.17) is 0 Å². The molecule has 98 valence electrons. The van der Waals surface area contributed by atoms with Crippen LogP contribution in [0.15, 0.2) is 6.07 Å². The minimum Gasteiger partial charge on any atom is -0.339 e. The number of thiophene rings is 1. The minimum atomic E-state index is 0.197. The highest BCUT2D eigenvalue weighted by atomic mass is 32.1. The van der Waals surface area contributed by atoms with Gasteiger partial charge in [-0.05, 0) is 50.3 Å². The van der Waals surface area contributed by atoms with Gasteiger partial charge >= 0.3 is 0 Å². The smallest absolute Gasteiger partial charge is 0.263 e. The zero-order valence-corrected chi connectivity index (χ0v) is 11.7. The van der Waals surface area contributed by atoms with Crippen LogP contribution in [0, 0.1) is 0 Å². The van der Waals surface area contributed by atoms with Crippen LogP contribution in [0.2, 0.25) is 0 Å². The normalized spacial score (nSPS) is 22.2. The van der Waals surface area contributed by atoms with Crippen LogP contribution in [-0.2, 0) is 12.8 Å². The first-order chi connectivity index (χ1) is 8.74. The number of likely N-dealkylation sites (N-methyl/N-ethyl adjacent to an activating group) is 1. The maximum absolute atomic E-state index is 12.3. The van der Waals surface area contributed by atoms with E-state index in [1.165, 1.54) is 36.1 Å². The number of carbonyl (C=O) groups excluding carboxylic acids is 1. The summed E-state index contributed by atoms with van der Waals surface area (Å²) in [4.78, 5) is 16.6. The number of nitrogens with one attached hydrogen (secondary N) is 1. The molecule has 4 heteroatoms. The fraction of sp³-hybridized carbons (Fsp3) is 0.643. The third-order valence-electron chi connectivity index (χ3n) is 3.96. The largest absolute Gasteiger partial charge is 0.339 e. The maximum Gasteiger partial charge on any atom is 0.263 e. The fourth-order valence-electron chi connectivity index (χ4n) is 2.95. The van der Waals surface area contributed by atoms with Crippen molar-refractivity contribution in [1.29, 1.82) is 0 Å². The summed E-state index contributed by atoms with van der Waals surface area (Å²) in [6.07, 6.45) is 6.02. The van der Waals surface area contributed by atoms with Crippen molar-refractivity contribution in [2.75, 3.05) is 20.1 Å². The first-order valence-corrected chi connectivity index (χ1v) is 7.66. The molecule has 1 aromatic rings. The predicted octanol–water partition coefficient (Wildman–Crippen LogP) is 2.06. The lowest BCUT2D eigenvalue weighted by Crippen LogP contribution is -2.38. The van der Waals surface area contributed by atoms with Gasteiger partial charge in [0, 0.05) is 24.5 Å². The van der Waals surface area contributed by atoms with Gasteiger partial charge in [0.05, 0.1) is 4.88 Å². The SMILES string of the molecule is CN(CC1CCCN1)C(=O)c1cc2c(s1)CCC2. The number of hydrogen-bond donors (Lipinski definition) is 1. The monoisotopic (exact) mass is 264 g/mol. The molecule has 1 amide bonds. The van der Waals surface area contributed by atoms with E-state index >= 15 is 0 Å². The number of aryl methyl sites for hydroxylation is 2. The van der Waals surface area contributed by atoms with E-state index in [9.17, 15) is 4.79 Å². The number of fused-ring (bicyclic) bond motifs is 1. The molecule has 1 aliphatic carbocycles. The molecule has 0 spiro atoms. The molecule has 0 radical (unpaired) electrons. The molecule has 1 unspecified atom stereocenters. The second kappa shape index (κ2) is 5.02. The summed E-state index contributed by atoms with van der Waals surface area (Å²) < 4.78 is 0. The van der Waals surface area contributed by atoms with Gasteiger partial charge in [0.2, 0.25) is 0 Å². The summed E-state index contributed by atoms with van der Waals surface area (Å²) in [5, 5.41) is 3.44. The Kier molecular flexibility index (Phi) is 3.39. The molecule has 1 saturated heterocycles. The average Bonchev–Trinajstić information content (AvgIpc) is 3.02. The molecular formula is C14H20N2OS. The highest BCUT2D eigenvalue weighted by molar-refractivity contribution is 7.14. The van der Waals surface area contributed by atoms with Gasteiger partial charge in [0.15, 0.2) is 0 Å². The van der Waals surface area contributed by atoms with E-state index in [2.05, 4.69) is 11.4 Å². The Labute approximate surface area is 112 Å². The maximum atomic E-state index is 12.3. The molecule has 0 saturated carbocycles. The summed E-state index contributed by atoms with van der Waals surface area (Å²) in [6, 6.07) is 2.61. The molecule has 1 aliphatic heterocycles. The van der Waals surface area contributed by atoms with Gasteiger partial charge in [-0.1, -0.05) is 0 Å². The Morgan fingerprint density at radius 1 is 1.50 bits per heavy atom. The van der Waals surface area contributed by atoms with Crippen molar-refractivity contribution >= 4 is 17.2 Å². The molecule has 0 aromatic carbocycles. The highest BCUT2D eigenvalue weighted by Gasteiger charge is 2.23. The van der Waals surface area contributed by atoms with Gasteiger partial charge in [0.1, 0.15) is 0 Å². The quantitative estimate of drug-likeness (QED) is 0.906. The Balaban J connectivity index is 1.65. The van der Waals surface area contributed by atoms with Crippen molar-refractivity contribution in [3.8, 4) is 0 Å². The van der Waals surface area contributed by atoms with Gasteiger partial charge in [0.25, 0.3) is 5.91 Å². The van der Waals surface area contributed by atoms with E-state index in [1.807, 2.05) is 11.9 Å². The minimum absolute atomic E-state index is 0.197. The van der Waals surface area contributed by atoms with Crippen molar-refractivity contribution in [2.45, 2.75) is 38.1 Å². The number of rotatable bonds is 3. The van der Waals surface area contributed by atoms with Crippen LogP contribution in [-0.4, -0.2) is 37.0 Å². The summed E-state index contributed by atoms with van der Waals surface area (Å²) in [5.41, 5.74) is 1.41. The summed E-state index contributed by atoms with van der Waals surface area (Å²) >= 11 is 1.70. The number of hydrogen-bond acceptors (Lipinski definition) is 3. The molecule has 1 N–H and O–H groups in total. The Morgan fingerprint density at radius 2 is 2.39 bits per heavy atom. The standard InChI is InChI=1S/C14H20N2OS/c1-16(9-11-5-3-7-15-11)14(17)13-8-10-4-2-6-12(10)18-13/h8,11,15H,2-7,9H2,1H3. The van der Waals surface area contributed by atoms with E-state index in [1.54, 1.807) is 11.3 Å². The van der Waals surface area contributed by atoms with Gasteiger partial charge < -0.3 is 10.2 Å². The van der Waals surface area contributed by atoms with Crippen LogP contribution in [0.1, 0.15) is 39.4 Å². The lowest BCUT2D eigenvalue weighted by Gasteiger charge is -2.20. The molecule has 2 aliphatic rings. The van der Waals surface area contributed by atoms with E-state index in [-0.39, 0.29) is 5.91 Å². The molecule has 1 fully saturated rings. The Hall–Kier alpha value is -0.870. The van der Waals surface area contributed by atoms with Crippen molar-refractivity contribution in [1.82, 2.24) is 10.2 Å². The molecule has 0 bridgehead atoms. The van der Waals surface area contributed by atoms with Crippen LogP contribution in [0.5, 0.6) is 0 Å². The van der Waals surface area contributed by atoms with Crippen molar-refractivity contribution in [2.24, 2.45) is 0 Å². The third kappa shape index (κ3) is 2.31. The number of amides is 1. The van der Waals surface area contributed by atoms with Crippen molar-refractivity contribution < 1.29 is 4.79 Å². The molecule has 18 heavy (non-hydrogen) atoms. The van der Waals surface area contributed by atoms with Gasteiger partial charge in [-0.15, -0.1) is 11.3 Å². The zero-order valence-electron chi connectivity index (χ0n) is 10.9. The van der Waals surface area contributed by atoms with Crippen molar-refractivity contribution in [3.05, 3.63) is 21.4 Å². The molecule has 3 rings (SSSR count). The van der Waals surface area contributed by atoms with E-state index < -0.39 is 0 Å². The second-order valence-corrected chi connectivity index (χ2v) is 6.53. The van der Waals surface area contributed by atoms with Gasteiger partial charge in [-0.2, -0.15) is 0 Å². The average molecular weight is 264 g/mol. The lowest BCUT2D eigenvalue weighted by atomic mass is 10.2. The lowest BCUT2D eigenvalue weighted by molar-refractivity contribution is 0.0788. The zero-order chi connectivity index (χ0) is 12.5. The summed E-state index contributed by atoms with van der Waals surface area (Å²) in [6.45, 7) is 1.93. The van der Waals surface area contributed by atoms with Crippen LogP contribution < -0.4 is 5.32 Å². The van der Waals surface area contributed by atoms with Crippen LogP contribution in [0.25, 0.3) is 0 Å². The Bertz CT molecular complexity index is 427. The number of nitrogens with zero attached hydrogens (tertiary/aromatic N) is 1. The first-order valence-electron chi connectivity index (χ1n) is 6.84. The van der Waals surface area contributed by atoms with Gasteiger partial charge in [-0.3, -0.25) is 4.79 Å². The van der Waals surface area contributed by atoms with Crippen LogP contribution >= 0.6 is 11.3 Å². The highest BCUT2D eigenvalue weighted by Crippen LogP contribution is 2.31. The first kappa shape index (κ1) is 12.2. The second-order valence-electron chi connectivity index (χ2n) is 5.39. The molecule has 2 heterocycles. The molecule has 3 nitrogen and oxygen atoms in total. The van der Waals surface area contributed by atoms with E-state index in [0.717, 1.165) is 24.4 Å². The number of carbonyl (C=O) groups is 1. The Morgan fingerprint density at radius 3 is 3.11 bits per heavy atom. The van der Waals surface area contributed by atoms with E-state index in [0.29, 0.717) is 6.04 Å². The van der Waals surface area contributed by atoms with Crippen LogP contribution in [0.3, 0.4) is 0 Å². The predicted molar refractivity (Wildman–Crippen MR) is 74.3 cm³/mol. The topological polar surface area (TPSA) is 32.3 Å². The van der Waals surface area contributed by atoms with Crippen LogP contribution in [0.4, 0.5) is 0 Å². The molecule has 1 atom stereocenters. The third-order valence-corrected chi connectivity index (χ3v) is 5.19.